The number of methoxy groups -OCH3 is 2. The highest BCUT2D eigenvalue weighted by atomic mass is 35.5. The van der Waals surface area contributed by atoms with Crippen LogP contribution >= 0.6 is 11.6 Å². The molecule has 2 heterocycles. The minimum atomic E-state index is 0.505. The van der Waals surface area contributed by atoms with Crippen molar-refractivity contribution in [3.63, 3.8) is 0 Å². The summed E-state index contributed by atoms with van der Waals surface area (Å²) in [5, 5.41) is 8.17. The van der Waals surface area contributed by atoms with E-state index in [1.54, 1.807) is 14.2 Å². The summed E-state index contributed by atoms with van der Waals surface area (Å²) in [6, 6.07) is 3.82. The fraction of sp³-hybridized carbons (Fsp3) is 0.526. The Labute approximate surface area is 154 Å². The molecule has 0 radical (unpaired) electrons. The van der Waals surface area contributed by atoms with Crippen LogP contribution < -0.4 is 9.47 Å². The van der Waals surface area contributed by atoms with E-state index in [0.717, 1.165) is 42.4 Å². The number of ether oxygens (including phenoxy) is 2. The van der Waals surface area contributed by atoms with Gasteiger partial charge in [0.15, 0.2) is 11.5 Å². The van der Waals surface area contributed by atoms with Gasteiger partial charge in [0.2, 0.25) is 0 Å². The number of piperidine rings is 1. The molecule has 25 heavy (non-hydrogen) atoms. The van der Waals surface area contributed by atoms with Gasteiger partial charge in [0.1, 0.15) is 0 Å². The number of rotatable bonds is 6. The Bertz CT molecular complexity index is 717. The van der Waals surface area contributed by atoms with E-state index in [1.807, 2.05) is 18.3 Å². The van der Waals surface area contributed by atoms with Crippen molar-refractivity contribution in [2.75, 3.05) is 27.3 Å². The second-order valence-corrected chi connectivity index (χ2v) is 6.94. The van der Waals surface area contributed by atoms with Gasteiger partial charge in [-0.3, -0.25) is 10.00 Å². The maximum atomic E-state index is 6.46. The first-order valence-electron chi connectivity index (χ1n) is 8.81. The Balaban J connectivity index is 1.75. The third-order valence-electron chi connectivity index (χ3n) is 4.99. The molecule has 1 atom stereocenters. The molecular formula is C19H26ClN3O2. The molecule has 0 amide bonds. The van der Waals surface area contributed by atoms with Crippen LogP contribution in [0.1, 0.15) is 42.5 Å². The SMILES string of the molecule is CCc1cn[nH]c1[C@@H]1CCCN(Cc2cc(OC)c(OC)cc2Cl)C1. The van der Waals surface area contributed by atoms with Crippen molar-refractivity contribution in [1.29, 1.82) is 0 Å². The second kappa shape index (κ2) is 8.11. The van der Waals surface area contributed by atoms with Gasteiger partial charge in [0.05, 0.1) is 20.4 Å². The van der Waals surface area contributed by atoms with Gasteiger partial charge in [-0.25, -0.2) is 0 Å². The van der Waals surface area contributed by atoms with E-state index in [2.05, 4.69) is 22.0 Å². The average molecular weight is 364 g/mol. The van der Waals surface area contributed by atoms with Gasteiger partial charge in [0.25, 0.3) is 0 Å². The number of benzene rings is 1. The molecule has 1 aromatic carbocycles. The minimum absolute atomic E-state index is 0.505. The monoisotopic (exact) mass is 363 g/mol. The van der Waals surface area contributed by atoms with Crippen molar-refractivity contribution < 1.29 is 9.47 Å². The second-order valence-electron chi connectivity index (χ2n) is 6.54. The molecule has 3 rings (SSSR count). The van der Waals surface area contributed by atoms with Gasteiger partial charge >= 0.3 is 0 Å². The van der Waals surface area contributed by atoms with Crippen LogP contribution in [-0.2, 0) is 13.0 Å². The maximum absolute atomic E-state index is 6.46. The molecule has 0 saturated carbocycles. The predicted octanol–water partition coefficient (Wildman–Crippen LogP) is 4.02. The first kappa shape index (κ1) is 18.1. The number of aryl methyl sites for hydroxylation is 1. The number of hydrogen-bond acceptors (Lipinski definition) is 4. The van der Waals surface area contributed by atoms with Crippen molar-refractivity contribution >= 4 is 11.6 Å². The molecule has 136 valence electrons. The smallest absolute Gasteiger partial charge is 0.162 e. The van der Waals surface area contributed by atoms with Crippen molar-refractivity contribution in [2.45, 2.75) is 38.6 Å². The largest absolute Gasteiger partial charge is 0.493 e. The van der Waals surface area contributed by atoms with Gasteiger partial charge in [-0.15, -0.1) is 0 Å². The normalized spacial score (nSPS) is 18.3. The summed E-state index contributed by atoms with van der Waals surface area (Å²) < 4.78 is 10.7. The number of likely N-dealkylation sites (tertiary alicyclic amines) is 1. The standard InChI is InChI=1S/C19H26ClN3O2/c1-4-13-10-21-22-19(13)14-6-5-7-23(11-14)12-15-8-17(24-2)18(25-3)9-16(15)20/h8-10,14H,4-7,11-12H2,1-3H3,(H,21,22)/t14-/m1/s1. The van der Waals surface area contributed by atoms with Crippen LogP contribution in [0.15, 0.2) is 18.3 Å². The number of nitrogens with one attached hydrogen (secondary N) is 1. The lowest BCUT2D eigenvalue weighted by atomic mass is 9.91. The fourth-order valence-corrected chi connectivity index (χ4v) is 3.86. The van der Waals surface area contributed by atoms with Crippen molar-refractivity contribution in [3.05, 3.63) is 40.2 Å². The average Bonchev–Trinajstić information content (AvgIpc) is 3.12. The van der Waals surface area contributed by atoms with E-state index in [4.69, 9.17) is 21.1 Å². The Morgan fingerprint density at radius 1 is 1.24 bits per heavy atom. The van der Waals surface area contributed by atoms with Crippen molar-refractivity contribution in [2.24, 2.45) is 0 Å². The van der Waals surface area contributed by atoms with Gasteiger partial charge in [0, 0.05) is 35.8 Å². The van der Waals surface area contributed by atoms with Crippen LogP contribution in [0.25, 0.3) is 0 Å². The number of aromatic amines is 1. The summed E-state index contributed by atoms with van der Waals surface area (Å²) >= 11 is 6.46. The van der Waals surface area contributed by atoms with Crippen molar-refractivity contribution in [3.8, 4) is 11.5 Å². The van der Waals surface area contributed by atoms with Crippen LogP contribution in [0.3, 0.4) is 0 Å². The fourth-order valence-electron chi connectivity index (χ4n) is 3.65. The van der Waals surface area contributed by atoms with E-state index < -0.39 is 0 Å². The lowest BCUT2D eigenvalue weighted by molar-refractivity contribution is 0.198. The number of nitrogens with zero attached hydrogens (tertiary/aromatic N) is 2. The molecule has 0 unspecified atom stereocenters. The van der Waals surface area contributed by atoms with Gasteiger partial charge in [-0.05, 0) is 43.0 Å². The first-order chi connectivity index (χ1) is 12.2. The molecule has 1 aliphatic rings. The van der Waals surface area contributed by atoms with Crippen LogP contribution in [0.2, 0.25) is 5.02 Å². The highest BCUT2D eigenvalue weighted by Gasteiger charge is 2.25. The Hall–Kier alpha value is -1.72. The zero-order chi connectivity index (χ0) is 17.8. The molecule has 0 aliphatic carbocycles. The van der Waals surface area contributed by atoms with Crippen LogP contribution in [-0.4, -0.2) is 42.4 Å². The Morgan fingerprint density at radius 2 is 2.00 bits per heavy atom. The third kappa shape index (κ3) is 3.93. The van der Waals surface area contributed by atoms with E-state index in [-0.39, 0.29) is 0 Å². The molecule has 1 saturated heterocycles. The zero-order valence-electron chi connectivity index (χ0n) is 15.1. The summed E-state index contributed by atoms with van der Waals surface area (Å²) in [7, 11) is 3.27. The van der Waals surface area contributed by atoms with E-state index >= 15 is 0 Å². The molecular weight excluding hydrogens is 338 g/mol. The predicted molar refractivity (Wildman–Crippen MR) is 99.8 cm³/mol. The molecule has 2 aromatic rings. The van der Waals surface area contributed by atoms with Gasteiger partial charge in [-0.2, -0.15) is 5.10 Å². The minimum Gasteiger partial charge on any atom is -0.493 e. The quantitative estimate of drug-likeness (QED) is 0.842. The molecule has 1 fully saturated rings. The third-order valence-corrected chi connectivity index (χ3v) is 5.34. The van der Waals surface area contributed by atoms with Crippen molar-refractivity contribution in [1.82, 2.24) is 15.1 Å². The molecule has 1 aromatic heterocycles. The summed E-state index contributed by atoms with van der Waals surface area (Å²) in [6.45, 7) is 5.08. The Morgan fingerprint density at radius 3 is 2.72 bits per heavy atom. The van der Waals surface area contributed by atoms with Crippen LogP contribution in [0, 0.1) is 0 Å². The van der Waals surface area contributed by atoms with E-state index in [9.17, 15) is 0 Å². The van der Waals surface area contributed by atoms with E-state index in [0.29, 0.717) is 11.7 Å². The number of hydrogen-bond donors (Lipinski definition) is 1. The molecule has 6 heteroatoms. The first-order valence-corrected chi connectivity index (χ1v) is 9.18. The number of halogens is 1. The summed E-state index contributed by atoms with van der Waals surface area (Å²) in [6.07, 6.45) is 5.35. The topological polar surface area (TPSA) is 50.4 Å². The molecule has 0 bridgehead atoms. The highest BCUT2D eigenvalue weighted by molar-refractivity contribution is 6.31. The Kier molecular flexibility index (Phi) is 5.86. The molecule has 1 aliphatic heterocycles. The van der Waals surface area contributed by atoms with Gasteiger partial charge < -0.3 is 9.47 Å². The molecule has 0 spiro atoms. The van der Waals surface area contributed by atoms with Gasteiger partial charge in [-0.1, -0.05) is 18.5 Å². The van der Waals surface area contributed by atoms with E-state index in [1.165, 1.54) is 24.1 Å². The molecule has 5 nitrogen and oxygen atoms in total. The lowest BCUT2D eigenvalue weighted by Gasteiger charge is -2.33. The summed E-state index contributed by atoms with van der Waals surface area (Å²) in [5.74, 6) is 1.89. The summed E-state index contributed by atoms with van der Waals surface area (Å²) in [5.41, 5.74) is 3.70. The van der Waals surface area contributed by atoms with Crippen LogP contribution in [0.4, 0.5) is 0 Å². The number of H-pyrrole nitrogens is 1. The maximum Gasteiger partial charge on any atom is 0.162 e. The molecule has 1 N–H and O–H groups in total. The van der Waals surface area contributed by atoms with Crippen LogP contribution in [0.5, 0.6) is 11.5 Å². The summed E-state index contributed by atoms with van der Waals surface area (Å²) in [4.78, 5) is 2.46. The lowest BCUT2D eigenvalue weighted by Crippen LogP contribution is -2.34. The number of aromatic nitrogens is 2. The highest BCUT2D eigenvalue weighted by Crippen LogP contribution is 2.35. The zero-order valence-corrected chi connectivity index (χ0v) is 15.9.